The van der Waals surface area contributed by atoms with Gasteiger partial charge < -0.3 is 14.4 Å². The lowest BCUT2D eigenvalue weighted by atomic mass is 10.0. The van der Waals surface area contributed by atoms with E-state index in [0.717, 1.165) is 4.31 Å². The van der Waals surface area contributed by atoms with Crippen molar-refractivity contribution in [3.05, 3.63) is 70.5 Å². The van der Waals surface area contributed by atoms with E-state index in [2.05, 4.69) is 10.1 Å². The summed E-state index contributed by atoms with van der Waals surface area (Å²) in [6.07, 6.45) is 1.23. The van der Waals surface area contributed by atoms with Gasteiger partial charge in [0.1, 0.15) is 6.04 Å². The number of carboxylic acid groups (broad SMARTS) is 1. The number of nitrogens with zero attached hydrogens (tertiary/aromatic N) is 3. The predicted molar refractivity (Wildman–Crippen MR) is 150 cm³/mol. The highest BCUT2D eigenvalue weighted by atomic mass is 35.5. The smallest absolute Gasteiger partial charge is 0.379 e. The Balaban J connectivity index is 1.86. The zero-order valence-corrected chi connectivity index (χ0v) is 23.8. The van der Waals surface area contributed by atoms with Crippen molar-refractivity contribution in [2.75, 3.05) is 10.9 Å². The maximum Gasteiger partial charge on any atom is 0.379 e. The van der Waals surface area contributed by atoms with Crippen LogP contribution in [0.3, 0.4) is 0 Å². The van der Waals surface area contributed by atoms with Crippen molar-refractivity contribution in [1.29, 1.82) is 0 Å². The fourth-order valence-corrected chi connectivity index (χ4v) is 6.58. The van der Waals surface area contributed by atoms with E-state index in [1.54, 1.807) is 37.3 Å². The number of unbranched alkanes of at least 4 members (excludes halogenated alkanes) is 1. The minimum atomic E-state index is -4.43. The molecule has 4 rings (SSSR count). The van der Waals surface area contributed by atoms with Crippen LogP contribution < -0.4 is 4.31 Å². The van der Waals surface area contributed by atoms with Crippen LogP contribution in [0.4, 0.5) is 5.69 Å². The Hall–Kier alpha value is -3.67. The molecule has 0 saturated carbocycles. The molecule has 0 aliphatic rings. The number of carbonyl (C=O) groups excluding carboxylic acids is 1. The van der Waals surface area contributed by atoms with Gasteiger partial charge in [-0.25, -0.2) is 18.0 Å². The number of fused-ring (bicyclic) bond motifs is 1. The number of sulfonamides is 1. The summed E-state index contributed by atoms with van der Waals surface area (Å²) in [5.74, 6) is -2.20. The molecule has 0 saturated heterocycles. The molecule has 0 radical (unpaired) electrons. The number of rotatable bonds is 11. The van der Waals surface area contributed by atoms with Gasteiger partial charge in [0.2, 0.25) is 0 Å². The first-order valence-corrected chi connectivity index (χ1v) is 14.5. The van der Waals surface area contributed by atoms with Crippen LogP contribution in [0.1, 0.15) is 43.7 Å². The average Bonchev–Trinajstić information content (AvgIpc) is 3.40. The summed E-state index contributed by atoms with van der Waals surface area (Å²) < 4.78 is 39.0. The third-order valence-electron chi connectivity index (χ3n) is 6.03. The summed E-state index contributed by atoms with van der Waals surface area (Å²) in [7, 11) is -4.43. The zero-order chi connectivity index (χ0) is 29.0. The van der Waals surface area contributed by atoms with Gasteiger partial charge in [-0.05, 0) is 65.7 Å². The van der Waals surface area contributed by atoms with E-state index >= 15 is 0 Å². The van der Waals surface area contributed by atoms with Crippen LogP contribution in [-0.4, -0.2) is 48.3 Å². The lowest BCUT2D eigenvalue weighted by Gasteiger charge is -2.30. The number of hydrogen-bond acceptors (Lipinski definition) is 8. The Morgan fingerprint density at radius 3 is 2.45 bits per heavy atom. The summed E-state index contributed by atoms with van der Waals surface area (Å²) in [5.41, 5.74) is 0.617. The van der Waals surface area contributed by atoms with Crippen LogP contribution in [0, 0.1) is 0 Å². The van der Waals surface area contributed by atoms with Gasteiger partial charge in [0.15, 0.2) is 0 Å². The molecule has 13 heteroatoms. The van der Waals surface area contributed by atoms with Gasteiger partial charge in [0, 0.05) is 15.6 Å². The summed E-state index contributed by atoms with van der Waals surface area (Å²) in [6, 6.07) is 12.3. The fraction of sp³-hybridized carbons (Fsp3) is 0.259. The summed E-state index contributed by atoms with van der Waals surface area (Å²) >= 11 is 12.2. The van der Waals surface area contributed by atoms with Crippen molar-refractivity contribution in [2.24, 2.45) is 0 Å². The third kappa shape index (κ3) is 6.06. The molecule has 210 valence electrons. The summed E-state index contributed by atoms with van der Waals surface area (Å²) in [4.78, 5) is 28.3. The number of benzene rings is 3. The van der Waals surface area contributed by atoms with Gasteiger partial charge in [0.05, 0.1) is 17.2 Å². The van der Waals surface area contributed by atoms with E-state index in [0.29, 0.717) is 29.2 Å². The molecular formula is C27H25Cl2N3O7S. The second-order valence-corrected chi connectivity index (χ2v) is 11.4. The van der Waals surface area contributed by atoms with Crippen molar-refractivity contribution < 1.29 is 32.4 Å². The van der Waals surface area contributed by atoms with Crippen molar-refractivity contribution in [2.45, 2.75) is 44.0 Å². The van der Waals surface area contributed by atoms with Gasteiger partial charge in [0.25, 0.3) is 21.7 Å². The van der Waals surface area contributed by atoms with Crippen molar-refractivity contribution in [1.82, 2.24) is 10.1 Å². The number of aliphatic carboxylic acids is 1. The minimum absolute atomic E-state index is 0.0609. The van der Waals surface area contributed by atoms with Crippen LogP contribution >= 0.6 is 23.2 Å². The number of ether oxygens (including phenoxy) is 1. The molecule has 0 spiro atoms. The first-order chi connectivity index (χ1) is 19.1. The molecule has 0 amide bonds. The molecule has 3 aromatic carbocycles. The Bertz CT molecular complexity index is 1650. The standard InChI is InChI=1S/C27H25Cl2N3O7S/c1-3-5-9-23(26(33)34)32(40(36,37)20-14-17(28)13-18(29)15-20)19-10-11-21-16(12-19)7-6-8-22(21)25-30-24(31-39-25)27(35)38-4-2/h6-8,10-15,23H,3-5,9H2,1-2H3,(H,33,34). The van der Waals surface area contributed by atoms with Gasteiger partial charge in [-0.2, -0.15) is 4.98 Å². The van der Waals surface area contributed by atoms with E-state index in [4.69, 9.17) is 32.5 Å². The quantitative estimate of drug-likeness (QED) is 0.197. The van der Waals surface area contributed by atoms with Gasteiger partial charge >= 0.3 is 11.9 Å². The van der Waals surface area contributed by atoms with E-state index < -0.39 is 28.0 Å². The molecule has 4 aromatic rings. The maximum absolute atomic E-state index is 14.0. The van der Waals surface area contributed by atoms with Gasteiger partial charge in [-0.15, -0.1) is 0 Å². The SMILES string of the molecule is CCCCC(C(=O)O)N(c1ccc2c(-c3nc(C(=O)OCC)no3)cccc2c1)S(=O)(=O)c1cc(Cl)cc(Cl)c1. The molecule has 1 heterocycles. The van der Waals surface area contributed by atoms with Crippen LogP contribution in [0.25, 0.3) is 22.2 Å². The molecule has 0 fully saturated rings. The van der Waals surface area contributed by atoms with E-state index in [1.165, 1.54) is 24.3 Å². The highest BCUT2D eigenvalue weighted by Crippen LogP contribution is 2.35. The van der Waals surface area contributed by atoms with Crippen molar-refractivity contribution in [3.8, 4) is 11.5 Å². The predicted octanol–water partition coefficient (Wildman–Crippen LogP) is 6.21. The molecule has 0 aliphatic heterocycles. The fourth-order valence-electron chi connectivity index (χ4n) is 4.22. The van der Waals surface area contributed by atoms with Crippen molar-refractivity contribution in [3.63, 3.8) is 0 Å². The Labute approximate surface area is 240 Å². The number of hydrogen-bond donors (Lipinski definition) is 1. The highest BCUT2D eigenvalue weighted by molar-refractivity contribution is 7.93. The zero-order valence-electron chi connectivity index (χ0n) is 21.5. The normalized spacial score (nSPS) is 12.3. The average molecular weight is 606 g/mol. The number of anilines is 1. The number of carbonyl (C=O) groups is 2. The van der Waals surface area contributed by atoms with E-state index in [9.17, 15) is 23.1 Å². The van der Waals surface area contributed by atoms with Crippen LogP contribution in [0.2, 0.25) is 10.0 Å². The molecule has 0 aliphatic carbocycles. The molecule has 1 aromatic heterocycles. The molecular weight excluding hydrogens is 581 g/mol. The second-order valence-electron chi connectivity index (χ2n) is 8.76. The lowest BCUT2D eigenvalue weighted by molar-refractivity contribution is -0.138. The molecule has 10 nitrogen and oxygen atoms in total. The van der Waals surface area contributed by atoms with Crippen LogP contribution in [0.15, 0.2) is 64.0 Å². The molecule has 1 N–H and O–H groups in total. The first kappa shape index (κ1) is 29.3. The van der Waals surface area contributed by atoms with Crippen LogP contribution in [0.5, 0.6) is 0 Å². The molecule has 0 bridgehead atoms. The third-order valence-corrected chi connectivity index (χ3v) is 8.28. The van der Waals surface area contributed by atoms with Gasteiger partial charge in [-0.3, -0.25) is 4.31 Å². The monoisotopic (exact) mass is 605 g/mol. The molecule has 1 unspecified atom stereocenters. The highest BCUT2D eigenvalue weighted by Gasteiger charge is 2.36. The summed E-state index contributed by atoms with van der Waals surface area (Å²) in [5, 5.41) is 15.2. The largest absolute Gasteiger partial charge is 0.480 e. The minimum Gasteiger partial charge on any atom is -0.480 e. The number of halogens is 2. The Morgan fingerprint density at radius 1 is 1.07 bits per heavy atom. The maximum atomic E-state index is 14.0. The molecule has 1 atom stereocenters. The number of carboxylic acids is 1. The van der Waals surface area contributed by atoms with E-state index in [1.807, 2.05) is 6.92 Å². The summed E-state index contributed by atoms with van der Waals surface area (Å²) in [6.45, 7) is 3.69. The molecule has 40 heavy (non-hydrogen) atoms. The first-order valence-electron chi connectivity index (χ1n) is 12.3. The van der Waals surface area contributed by atoms with Crippen LogP contribution in [-0.2, 0) is 19.6 Å². The topological polar surface area (TPSA) is 140 Å². The number of esters is 1. The number of aromatic nitrogens is 2. The van der Waals surface area contributed by atoms with Crippen molar-refractivity contribution >= 4 is 61.6 Å². The van der Waals surface area contributed by atoms with Gasteiger partial charge in [-0.1, -0.05) is 61.2 Å². The Kier molecular flexibility index (Phi) is 8.97. The van der Waals surface area contributed by atoms with E-state index in [-0.39, 0.29) is 45.4 Å². The second kappa shape index (κ2) is 12.2. The Morgan fingerprint density at radius 2 is 1.80 bits per heavy atom. The lowest BCUT2D eigenvalue weighted by Crippen LogP contribution is -2.45.